The molecule has 0 fully saturated rings. The first-order chi connectivity index (χ1) is 3.77. The second-order valence-electron chi connectivity index (χ2n) is 1.22. The summed E-state index contributed by atoms with van der Waals surface area (Å²) in [4.78, 5) is 9.75. The molecule has 0 amide bonds. The Labute approximate surface area is 97.7 Å². The Balaban J connectivity index is -0.0000000817. The smallest absolute Gasteiger partial charge is 1.00 e. The largest absolute Gasteiger partial charge is 2.00 e. The van der Waals surface area contributed by atoms with Crippen LogP contribution in [0.15, 0.2) is 24.3 Å². The van der Waals surface area contributed by atoms with E-state index in [0.717, 1.165) is 6.08 Å². The van der Waals surface area contributed by atoms with Gasteiger partial charge in [-0.1, -0.05) is 18.2 Å². The van der Waals surface area contributed by atoms with E-state index in [1.165, 1.54) is 6.08 Å². The second kappa shape index (κ2) is 8.52. The molecule has 0 unspecified atom stereocenters. The molecule has 0 saturated heterocycles. The van der Waals surface area contributed by atoms with Crippen LogP contribution in [0, 0.1) is 0 Å². The minimum Gasteiger partial charge on any atom is -1.00 e. The summed E-state index contributed by atoms with van der Waals surface area (Å²) in [5.41, 5.74) is 0. The Kier molecular flexibility index (Phi) is 11.6. The SMILES string of the molecule is C/C=C/C=C/C(=O)O.[Ba+2].[H-].[H-]. The zero-order valence-electron chi connectivity index (χ0n) is 7.37. The molecule has 0 aliphatic carbocycles. The number of allylic oxidation sites excluding steroid dienone is 3. The molecule has 0 aliphatic heterocycles. The van der Waals surface area contributed by atoms with E-state index < -0.39 is 5.97 Å². The molecule has 0 aliphatic rings. The van der Waals surface area contributed by atoms with Crippen molar-refractivity contribution >= 4 is 54.9 Å². The summed E-state index contributed by atoms with van der Waals surface area (Å²) in [5.74, 6) is -0.914. The maximum absolute atomic E-state index is 9.75. The van der Waals surface area contributed by atoms with Crippen LogP contribution in [-0.4, -0.2) is 60.0 Å². The minimum atomic E-state index is -0.914. The molecule has 9 heavy (non-hydrogen) atoms. The predicted molar refractivity (Wildman–Crippen MR) is 39.6 cm³/mol. The average molecular weight is 251 g/mol. The number of aliphatic carboxylic acids is 1. The topological polar surface area (TPSA) is 37.3 Å². The predicted octanol–water partition coefficient (Wildman–Crippen LogP) is 1.05. The molecule has 0 spiro atoms. The normalized spacial score (nSPS) is 9.89. The molecule has 0 aromatic heterocycles. The molecule has 0 atom stereocenters. The number of carboxylic acid groups (broad SMARTS) is 1. The van der Waals surface area contributed by atoms with Crippen molar-refractivity contribution in [3.63, 3.8) is 0 Å². The Hall–Kier alpha value is 0.521. The Morgan fingerprint density at radius 2 is 2.11 bits per heavy atom. The summed E-state index contributed by atoms with van der Waals surface area (Å²) < 4.78 is 0. The molecule has 0 rings (SSSR count). The van der Waals surface area contributed by atoms with Gasteiger partial charge in [0.1, 0.15) is 0 Å². The van der Waals surface area contributed by atoms with Gasteiger partial charge in [0, 0.05) is 6.08 Å². The van der Waals surface area contributed by atoms with Crippen molar-refractivity contribution in [1.29, 1.82) is 0 Å². The van der Waals surface area contributed by atoms with E-state index in [0.29, 0.717) is 0 Å². The Morgan fingerprint density at radius 1 is 1.56 bits per heavy atom. The summed E-state index contributed by atoms with van der Waals surface area (Å²) >= 11 is 0. The third kappa shape index (κ3) is 11.9. The second-order valence-corrected chi connectivity index (χ2v) is 1.22. The number of rotatable bonds is 2. The molecule has 1 N–H and O–H groups in total. The number of hydrogen-bond donors (Lipinski definition) is 1. The van der Waals surface area contributed by atoms with E-state index in [1.54, 1.807) is 12.2 Å². The van der Waals surface area contributed by atoms with Crippen molar-refractivity contribution in [3.8, 4) is 0 Å². The van der Waals surface area contributed by atoms with E-state index >= 15 is 0 Å². The van der Waals surface area contributed by atoms with Gasteiger partial charge >= 0.3 is 54.9 Å². The van der Waals surface area contributed by atoms with Crippen LogP contribution < -0.4 is 0 Å². The molecule has 0 aromatic rings. The van der Waals surface area contributed by atoms with Crippen LogP contribution in [0.1, 0.15) is 9.78 Å². The molecule has 0 radical (unpaired) electrons. The van der Waals surface area contributed by atoms with Gasteiger partial charge in [-0.3, -0.25) is 0 Å². The van der Waals surface area contributed by atoms with Crippen LogP contribution in [0.3, 0.4) is 0 Å². The number of carboxylic acids is 1. The van der Waals surface area contributed by atoms with Gasteiger partial charge in [-0.25, -0.2) is 4.79 Å². The maximum Gasteiger partial charge on any atom is 2.00 e. The van der Waals surface area contributed by atoms with E-state index in [9.17, 15) is 4.79 Å². The van der Waals surface area contributed by atoms with Crippen LogP contribution in [0.2, 0.25) is 0 Å². The monoisotopic (exact) mass is 252 g/mol. The van der Waals surface area contributed by atoms with Crippen LogP contribution in [0.25, 0.3) is 0 Å². The fourth-order valence-electron chi connectivity index (χ4n) is 0.249. The fourth-order valence-corrected chi connectivity index (χ4v) is 0.249. The van der Waals surface area contributed by atoms with Gasteiger partial charge in [-0.15, -0.1) is 0 Å². The van der Waals surface area contributed by atoms with Gasteiger partial charge in [0.25, 0.3) is 0 Å². The van der Waals surface area contributed by atoms with Crippen molar-refractivity contribution in [1.82, 2.24) is 0 Å². The third-order valence-corrected chi connectivity index (χ3v) is 0.542. The van der Waals surface area contributed by atoms with E-state index in [2.05, 4.69) is 0 Å². The van der Waals surface area contributed by atoms with Gasteiger partial charge in [-0.2, -0.15) is 0 Å². The molecule has 0 saturated carbocycles. The summed E-state index contributed by atoms with van der Waals surface area (Å²) in [5, 5.41) is 8.02. The van der Waals surface area contributed by atoms with Gasteiger partial charge in [0.15, 0.2) is 0 Å². The molecule has 0 aromatic carbocycles. The first-order valence-corrected chi connectivity index (χ1v) is 2.29. The van der Waals surface area contributed by atoms with E-state index in [4.69, 9.17) is 5.11 Å². The zero-order valence-corrected chi connectivity index (χ0v) is 9.81. The van der Waals surface area contributed by atoms with E-state index in [-0.39, 0.29) is 51.7 Å². The van der Waals surface area contributed by atoms with Gasteiger partial charge in [0.2, 0.25) is 0 Å². The zero-order chi connectivity index (χ0) is 6.41. The van der Waals surface area contributed by atoms with Crippen molar-refractivity contribution in [2.75, 3.05) is 0 Å². The van der Waals surface area contributed by atoms with Crippen molar-refractivity contribution in [2.24, 2.45) is 0 Å². The first kappa shape index (κ1) is 12.2. The standard InChI is InChI=1S/C6H8O2.Ba.2H/c1-2-3-4-5-6(7)8;;;/h2-5H,1H3,(H,7,8);;;/q;+2;2*-1/b3-2+,5-4+;;;. The van der Waals surface area contributed by atoms with Crippen molar-refractivity contribution < 1.29 is 12.8 Å². The van der Waals surface area contributed by atoms with Gasteiger partial charge in [0.05, 0.1) is 0 Å². The number of hydrogen-bond acceptors (Lipinski definition) is 1. The molecule has 0 heterocycles. The fraction of sp³-hybridized carbons (Fsp3) is 0.167. The average Bonchev–Trinajstić information content (AvgIpc) is 1.66. The number of carbonyl (C=O) groups is 1. The van der Waals surface area contributed by atoms with Crippen molar-refractivity contribution in [3.05, 3.63) is 24.3 Å². The molecule has 2 nitrogen and oxygen atoms in total. The summed E-state index contributed by atoms with van der Waals surface area (Å²) in [6.45, 7) is 1.83. The van der Waals surface area contributed by atoms with Crippen LogP contribution >= 0.6 is 0 Å². The quantitative estimate of drug-likeness (QED) is 0.452. The van der Waals surface area contributed by atoms with E-state index in [1.807, 2.05) is 6.92 Å². The van der Waals surface area contributed by atoms with Crippen molar-refractivity contribution in [2.45, 2.75) is 6.92 Å². The maximum atomic E-state index is 9.75. The first-order valence-electron chi connectivity index (χ1n) is 2.29. The van der Waals surface area contributed by atoms with Gasteiger partial charge < -0.3 is 7.96 Å². The molecule has 3 heteroatoms. The molecular formula is C6H10BaO2. The molecule has 0 bridgehead atoms. The minimum absolute atomic E-state index is 0. The molecule has 48 valence electrons. The summed E-state index contributed by atoms with van der Waals surface area (Å²) in [7, 11) is 0. The summed E-state index contributed by atoms with van der Waals surface area (Å²) in [6, 6.07) is 0. The van der Waals surface area contributed by atoms with Crippen LogP contribution in [-0.2, 0) is 4.79 Å². The van der Waals surface area contributed by atoms with Crippen LogP contribution in [0.5, 0.6) is 0 Å². The Bertz CT molecular complexity index is 135. The van der Waals surface area contributed by atoms with Gasteiger partial charge in [-0.05, 0) is 6.92 Å². The summed E-state index contributed by atoms with van der Waals surface area (Å²) in [6.07, 6.45) is 5.98. The van der Waals surface area contributed by atoms with Crippen LogP contribution in [0.4, 0.5) is 0 Å². The Morgan fingerprint density at radius 3 is 2.44 bits per heavy atom. The molecular weight excluding hydrogens is 241 g/mol. The third-order valence-electron chi connectivity index (χ3n) is 0.542.